The van der Waals surface area contributed by atoms with Gasteiger partial charge in [0.1, 0.15) is 0 Å². The Hall–Kier alpha value is -0.370. The molecule has 0 amide bonds. The van der Waals surface area contributed by atoms with Crippen molar-refractivity contribution >= 4 is 15.9 Å². The average Bonchev–Trinajstić information content (AvgIpc) is 2.88. The van der Waals surface area contributed by atoms with Gasteiger partial charge in [-0.2, -0.15) is 0 Å². The molecule has 0 spiro atoms. The van der Waals surface area contributed by atoms with Crippen LogP contribution in [-0.2, 0) is 0 Å². The predicted octanol–water partition coefficient (Wildman–Crippen LogP) is 4.92. The summed E-state index contributed by atoms with van der Waals surface area (Å²) in [5, 5.41) is 0. The smallest absolute Gasteiger partial charge is 0.0270 e. The predicted molar refractivity (Wildman–Crippen MR) is 76.6 cm³/mol. The lowest BCUT2D eigenvalue weighted by atomic mass is 9.74. The largest absolute Gasteiger partial charge is 0.265 e. The van der Waals surface area contributed by atoms with E-state index in [-0.39, 0.29) is 0 Å². The van der Waals surface area contributed by atoms with Crippen molar-refractivity contribution in [3.05, 3.63) is 30.1 Å². The van der Waals surface area contributed by atoms with Crippen molar-refractivity contribution in [2.45, 2.75) is 56.7 Å². The first kappa shape index (κ1) is 13.1. The normalized spacial score (nSPS) is 22.3. The molecule has 1 aliphatic carbocycles. The molecule has 1 heterocycles. The van der Waals surface area contributed by atoms with Gasteiger partial charge in [0, 0.05) is 17.2 Å². The van der Waals surface area contributed by atoms with Crippen LogP contribution in [0.15, 0.2) is 24.5 Å². The molecule has 1 aromatic heterocycles. The molecule has 0 saturated heterocycles. The maximum Gasteiger partial charge on any atom is 0.0270 e. The number of aromatic nitrogens is 1. The molecule has 2 atom stereocenters. The number of pyridine rings is 1. The Balaban J connectivity index is 2.16. The van der Waals surface area contributed by atoms with Crippen molar-refractivity contribution in [3.63, 3.8) is 0 Å². The molecule has 0 radical (unpaired) electrons. The van der Waals surface area contributed by atoms with Gasteiger partial charge in [-0.1, -0.05) is 42.6 Å². The number of rotatable bonds is 4. The van der Waals surface area contributed by atoms with Gasteiger partial charge in [-0.05, 0) is 48.3 Å². The minimum Gasteiger partial charge on any atom is -0.265 e. The highest BCUT2D eigenvalue weighted by atomic mass is 79.9. The van der Waals surface area contributed by atoms with Gasteiger partial charge in [0.25, 0.3) is 0 Å². The van der Waals surface area contributed by atoms with E-state index in [2.05, 4.69) is 46.9 Å². The second-order valence-electron chi connectivity index (χ2n) is 5.39. The van der Waals surface area contributed by atoms with Gasteiger partial charge in [0.2, 0.25) is 0 Å². The Morgan fingerprint density at radius 2 is 1.88 bits per heavy atom. The monoisotopic (exact) mass is 295 g/mol. The van der Waals surface area contributed by atoms with Crippen molar-refractivity contribution < 1.29 is 0 Å². The molecule has 17 heavy (non-hydrogen) atoms. The third-order valence-corrected chi connectivity index (χ3v) is 6.32. The second-order valence-corrected chi connectivity index (χ2v) is 6.38. The molecule has 1 aliphatic rings. The van der Waals surface area contributed by atoms with E-state index in [0.717, 1.165) is 0 Å². The van der Waals surface area contributed by atoms with Crippen LogP contribution in [0.25, 0.3) is 0 Å². The summed E-state index contributed by atoms with van der Waals surface area (Å²) < 4.78 is 0. The summed E-state index contributed by atoms with van der Waals surface area (Å²) in [6.07, 6.45) is 10.7. The number of hydrogen-bond acceptors (Lipinski definition) is 1. The van der Waals surface area contributed by atoms with E-state index in [9.17, 15) is 0 Å². The highest BCUT2D eigenvalue weighted by Gasteiger charge is 2.41. The van der Waals surface area contributed by atoms with Crippen LogP contribution in [0.3, 0.4) is 0 Å². The summed E-state index contributed by atoms with van der Waals surface area (Å²) in [6, 6.07) is 4.30. The summed E-state index contributed by atoms with van der Waals surface area (Å²) in [5.41, 5.74) is 1.92. The lowest BCUT2D eigenvalue weighted by Gasteiger charge is -2.37. The van der Waals surface area contributed by atoms with E-state index in [0.29, 0.717) is 16.2 Å². The van der Waals surface area contributed by atoms with Gasteiger partial charge in [0.15, 0.2) is 0 Å². The zero-order chi connectivity index (χ0) is 12.3. The van der Waals surface area contributed by atoms with Gasteiger partial charge in [-0.25, -0.2) is 0 Å². The van der Waals surface area contributed by atoms with Gasteiger partial charge >= 0.3 is 0 Å². The van der Waals surface area contributed by atoms with E-state index in [1.807, 2.05) is 12.4 Å². The minimum atomic E-state index is 0.517. The molecule has 1 nitrogen and oxygen atoms in total. The number of halogens is 1. The van der Waals surface area contributed by atoms with Crippen molar-refractivity contribution in [1.82, 2.24) is 4.98 Å². The topological polar surface area (TPSA) is 12.9 Å². The molecular formula is C15H22BrN. The van der Waals surface area contributed by atoms with Crippen LogP contribution in [0.2, 0.25) is 0 Å². The van der Waals surface area contributed by atoms with Gasteiger partial charge < -0.3 is 0 Å². The molecular weight excluding hydrogens is 274 g/mol. The van der Waals surface area contributed by atoms with E-state index < -0.39 is 0 Å². The van der Waals surface area contributed by atoms with Crippen molar-refractivity contribution in [1.29, 1.82) is 0 Å². The third-order valence-electron chi connectivity index (χ3n) is 4.56. The first-order chi connectivity index (χ1) is 8.19. The van der Waals surface area contributed by atoms with Crippen LogP contribution < -0.4 is 0 Å². The quantitative estimate of drug-likeness (QED) is 0.719. The second kappa shape index (κ2) is 5.51. The molecule has 0 aromatic carbocycles. The molecule has 2 rings (SSSR count). The summed E-state index contributed by atoms with van der Waals surface area (Å²) in [4.78, 5) is 4.69. The molecule has 0 aliphatic heterocycles. The van der Waals surface area contributed by atoms with Crippen LogP contribution in [0, 0.1) is 5.41 Å². The average molecular weight is 296 g/mol. The number of hydrogen-bond donors (Lipinski definition) is 0. The minimum absolute atomic E-state index is 0.517. The van der Waals surface area contributed by atoms with E-state index in [1.54, 1.807) is 0 Å². The zero-order valence-corrected chi connectivity index (χ0v) is 12.4. The van der Waals surface area contributed by atoms with Gasteiger partial charge in [-0.3, -0.25) is 4.98 Å². The maximum absolute atomic E-state index is 4.11. The van der Waals surface area contributed by atoms with Crippen molar-refractivity contribution in [3.8, 4) is 0 Å². The molecule has 1 fully saturated rings. The molecule has 2 unspecified atom stereocenters. The Kier molecular flexibility index (Phi) is 4.24. The van der Waals surface area contributed by atoms with Gasteiger partial charge in [0.05, 0.1) is 0 Å². The fourth-order valence-electron chi connectivity index (χ4n) is 3.27. The highest BCUT2D eigenvalue weighted by molar-refractivity contribution is 9.09. The Morgan fingerprint density at radius 3 is 2.41 bits per heavy atom. The highest BCUT2D eigenvalue weighted by Crippen LogP contribution is 2.50. The molecule has 2 heteroatoms. The van der Waals surface area contributed by atoms with Gasteiger partial charge in [-0.15, -0.1) is 0 Å². The van der Waals surface area contributed by atoms with Crippen LogP contribution in [0.1, 0.15) is 57.4 Å². The lowest BCUT2D eigenvalue weighted by Crippen LogP contribution is -2.31. The fraction of sp³-hybridized carbons (Fsp3) is 0.667. The summed E-state index contributed by atoms with van der Waals surface area (Å²) in [7, 11) is 0. The third kappa shape index (κ3) is 2.57. The Morgan fingerprint density at radius 1 is 1.29 bits per heavy atom. The summed E-state index contributed by atoms with van der Waals surface area (Å²) >= 11 is 4.00. The first-order valence-electron chi connectivity index (χ1n) is 6.73. The zero-order valence-electron chi connectivity index (χ0n) is 10.8. The van der Waals surface area contributed by atoms with Crippen LogP contribution >= 0.6 is 15.9 Å². The van der Waals surface area contributed by atoms with Crippen molar-refractivity contribution in [2.24, 2.45) is 5.41 Å². The van der Waals surface area contributed by atoms with Crippen LogP contribution in [0.4, 0.5) is 0 Å². The van der Waals surface area contributed by atoms with Crippen molar-refractivity contribution in [2.75, 3.05) is 0 Å². The molecule has 0 N–H and O–H groups in total. The van der Waals surface area contributed by atoms with E-state index >= 15 is 0 Å². The molecule has 1 aromatic rings. The maximum atomic E-state index is 4.11. The van der Waals surface area contributed by atoms with E-state index in [1.165, 1.54) is 37.7 Å². The van der Waals surface area contributed by atoms with E-state index in [4.69, 9.17) is 0 Å². The Bertz CT molecular complexity index is 343. The van der Waals surface area contributed by atoms with Crippen LogP contribution in [-0.4, -0.2) is 9.81 Å². The summed E-state index contributed by atoms with van der Waals surface area (Å²) in [6.45, 7) is 4.68. The summed E-state index contributed by atoms with van der Waals surface area (Å²) in [5.74, 6) is 0.566. The first-order valence-corrected chi connectivity index (χ1v) is 7.65. The standard InChI is InChI=1S/C15H22BrN/c1-3-15(8-4-5-9-15)14(16)12(2)13-6-10-17-11-7-13/h6-7,10-12,14H,3-5,8-9H2,1-2H3. The van der Waals surface area contributed by atoms with Crippen LogP contribution in [0.5, 0.6) is 0 Å². The molecule has 94 valence electrons. The SMILES string of the molecule is CCC1(C(Br)C(C)c2ccncc2)CCCC1. The molecule has 1 saturated carbocycles. The fourth-order valence-corrected chi connectivity index (χ4v) is 4.36. The number of nitrogens with zero attached hydrogens (tertiary/aromatic N) is 1. The molecule has 0 bridgehead atoms. The Labute approximate surface area is 113 Å². The lowest BCUT2D eigenvalue weighted by molar-refractivity contribution is 0.259. The number of alkyl halides is 1.